The molecule has 0 aromatic carbocycles. The van der Waals surface area contributed by atoms with Crippen LogP contribution in [0.2, 0.25) is 0 Å². The van der Waals surface area contributed by atoms with E-state index in [1.54, 1.807) is 0 Å². The maximum absolute atomic E-state index is 13.9. The van der Waals surface area contributed by atoms with E-state index < -0.39 is 23.6 Å². The molecule has 2 saturated carbocycles. The van der Waals surface area contributed by atoms with Crippen molar-refractivity contribution in [3.8, 4) is 0 Å². The number of alkyl halides is 3. The third-order valence-electron chi connectivity index (χ3n) is 6.20. The number of halogens is 3. The Kier molecular flexibility index (Phi) is 8.10. The number of hydrogen-bond acceptors (Lipinski definition) is 4. The fraction of sp³-hybridized carbons (Fsp3) is 0.900. The quantitative estimate of drug-likeness (QED) is 0.312. The molecule has 0 aromatic heterocycles. The van der Waals surface area contributed by atoms with Crippen LogP contribution in [0.3, 0.4) is 0 Å². The highest BCUT2D eigenvalue weighted by atomic mass is 35.5. The lowest BCUT2D eigenvalue weighted by Crippen LogP contribution is -2.48. The number of nitrogens with zero attached hydrogens (tertiary/aromatic N) is 1. The molecule has 1 saturated heterocycles. The molecule has 0 bridgehead atoms. The standard InChI is InChI=1S/C20H34ClF2N5O/c1-11(2)24-20(26-19(29)13-5-8-15(21)16(23)9-13)25-18-10-17(27-28-18)12-3-6-14(22)7-4-12/h11-18,27-28H,3-10H2,1-2H3,(H2,24,25,26,29). The zero-order valence-electron chi connectivity index (χ0n) is 17.3. The van der Waals surface area contributed by atoms with Gasteiger partial charge in [-0.3, -0.25) is 15.5 Å². The van der Waals surface area contributed by atoms with Gasteiger partial charge in [-0.05, 0) is 64.7 Å². The second kappa shape index (κ2) is 10.4. The minimum atomic E-state index is -1.15. The number of guanidine groups is 1. The Hall–Kier alpha value is -0.990. The fourth-order valence-electron chi connectivity index (χ4n) is 4.51. The third-order valence-corrected chi connectivity index (χ3v) is 6.69. The van der Waals surface area contributed by atoms with Crippen LogP contribution >= 0.6 is 11.6 Å². The lowest BCUT2D eigenvalue weighted by Gasteiger charge is -2.28. The lowest BCUT2D eigenvalue weighted by atomic mass is 9.82. The van der Waals surface area contributed by atoms with E-state index in [0.29, 0.717) is 37.6 Å². The second-order valence-corrected chi connectivity index (χ2v) is 9.53. The van der Waals surface area contributed by atoms with Crippen LogP contribution in [0.5, 0.6) is 0 Å². The number of rotatable bonds is 4. The van der Waals surface area contributed by atoms with Crippen molar-refractivity contribution in [3.63, 3.8) is 0 Å². The van der Waals surface area contributed by atoms with Crippen molar-refractivity contribution in [3.05, 3.63) is 0 Å². The Bertz CT molecular complexity index is 585. The van der Waals surface area contributed by atoms with Crippen LogP contribution in [0.15, 0.2) is 4.99 Å². The first-order valence-corrected chi connectivity index (χ1v) is 11.3. The van der Waals surface area contributed by atoms with Crippen molar-refractivity contribution in [2.75, 3.05) is 0 Å². The van der Waals surface area contributed by atoms with Crippen molar-refractivity contribution in [1.29, 1.82) is 0 Å². The SMILES string of the molecule is CC(C)N/C(=N\C1CC(C2CCC(F)CC2)NN1)NC(=O)C1CCC(Cl)C(F)C1. The number of carbonyl (C=O) groups is 1. The fourth-order valence-corrected chi connectivity index (χ4v) is 4.74. The van der Waals surface area contributed by atoms with Crippen molar-refractivity contribution in [2.24, 2.45) is 16.8 Å². The lowest BCUT2D eigenvalue weighted by molar-refractivity contribution is -0.125. The van der Waals surface area contributed by atoms with Gasteiger partial charge in [0.1, 0.15) is 18.5 Å². The number of carbonyl (C=O) groups excluding carboxylic acids is 1. The first-order valence-electron chi connectivity index (χ1n) is 10.9. The highest BCUT2D eigenvalue weighted by molar-refractivity contribution is 6.21. The summed E-state index contributed by atoms with van der Waals surface area (Å²) in [6, 6.07) is 0.338. The Labute approximate surface area is 177 Å². The first-order chi connectivity index (χ1) is 13.8. The molecule has 3 rings (SSSR count). The van der Waals surface area contributed by atoms with Gasteiger partial charge in [-0.1, -0.05) is 0 Å². The summed E-state index contributed by atoms with van der Waals surface area (Å²) in [5.74, 6) is 0.239. The molecule has 1 heterocycles. The summed E-state index contributed by atoms with van der Waals surface area (Å²) in [5.41, 5.74) is 6.48. The normalized spacial score (nSPS) is 38.8. The van der Waals surface area contributed by atoms with Crippen molar-refractivity contribution in [2.45, 2.75) is 101 Å². The third kappa shape index (κ3) is 6.49. The Morgan fingerprint density at radius 2 is 1.79 bits per heavy atom. The summed E-state index contributed by atoms with van der Waals surface area (Å²) < 4.78 is 27.3. The van der Waals surface area contributed by atoms with E-state index in [9.17, 15) is 13.6 Å². The van der Waals surface area contributed by atoms with Crippen LogP contribution in [0.4, 0.5) is 8.78 Å². The van der Waals surface area contributed by atoms with Gasteiger partial charge < -0.3 is 5.32 Å². The van der Waals surface area contributed by atoms with Gasteiger partial charge >= 0.3 is 0 Å². The summed E-state index contributed by atoms with van der Waals surface area (Å²) in [7, 11) is 0. The highest BCUT2D eigenvalue weighted by Gasteiger charge is 2.35. The van der Waals surface area contributed by atoms with Gasteiger partial charge in [0.25, 0.3) is 0 Å². The number of aliphatic imine (C=N–C) groups is 1. The number of amides is 1. The molecule has 3 aliphatic rings. The second-order valence-electron chi connectivity index (χ2n) is 8.97. The average Bonchev–Trinajstić information content (AvgIpc) is 3.12. The van der Waals surface area contributed by atoms with E-state index in [1.807, 2.05) is 13.8 Å². The smallest absolute Gasteiger partial charge is 0.229 e. The minimum absolute atomic E-state index is 0.0894. The van der Waals surface area contributed by atoms with Crippen LogP contribution in [-0.4, -0.2) is 47.8 Å². The van der Waals surface area contributed by atoms with Crippen LogP contribution in [0.1, 0.15) is 65.2 Å². The van der Waals surface area contributed by atoms with Crippen LogP contribution in [-0.2, 0) is 4.79 Å². The van der Waals surface area contributed by atoms with Gasteiger partial charge in [0.05, 0.1) is 5.38 Å². The summed E-state index contributed by atoms with van der Waals surface area (Å²) in [6.45, 7) is 3.94. The Balaban J connectivity index is 1.56. The van der Waals surface area contributed by atoms with E-state index in [-0.39, 0.29) is 30.6 Å². The van der Waals surface area contributed by atoms with E-state index in [2.05, 4.69) is 26.5 Å². The van der Waals surface area contributed by atoms with E-state index in [1.165, 1.54) is 0 Å². The molecular formula is C20H34ClF2N5O. The molecular weight excluding hydrogens is 400 g/mol. The molecule has 5 atom stereocenters. The monoisotopic (exact) mass is 433 g/mol. The predicted molar refractivity (Wildman–Crippen MR) is 111 cm³/mol. The molecule has 5 unspecified atom stereocenters. The Morgan fingerprint density at radius 3 is 2.45 bits per heavy atom. The maximum atomic E-state index is 13.9. The largest absolute Gasteiger partial charge is 0.354 e. The van der Waals surface area contributed by atoms with Crippen LogP contribution in [0, 0.1) is 11.8 Å². The molecule has 166 valence electrons. The molecule has 9 heteroatoms. The molecule has 6 nitrogen and oxygen atoms in total. The topological polar surface area (TPSA) is 77.6 Å². The van der Waals surface area contributed by atoms with E-state index >= 15 is 0 Å². The first kappa shape index (κ1) is 22.7. The van der Waals surface area contributed by atoms with Gasteiger partial charge in [0.15, 0.2) is 5.96 Å². The summed E-state index contributed by atoms with van der Waals surface area (Å²) >= 11 is 5.93. The summed E-state index contributed by atoms with van der Waals surface area (Å²) in [6.07, 6.45) is 3.06. The molecule has 4 N–H and O–H groups in total. The van der Waals surface area contributed by atoms with Gasteiger partial charge in [-0.2, -0.15) is 0 Å². The number of hydrazine groups is 1. The minimum Gasteiger partial charge on any atom is -0.354 e. The van der Waals surface area contributed by atoms with Gasteiger partial charge in [-0.15, -0.1) is 11.6 Å². The van der Waals surface area contributed by atoms with Crippen molar-refractivity contribution in [1.82, 2.24) is 21.5 Å². The van der Waals surface area contributed by atoms with Gasteiger partial charge in [0.2, 0.25) is 5.91 Å². The van der Waals surface area contributed by atoms with Gasteiger partial charge in [-0.25, -0.2) is 19.2 Å². The zero-order valence-corrected chi connectivity index (χ0v) is 18.0. The Morgan fingerprint density at radius 1 is 1.07 bits per heavy atom. The zero-order chi connectivity index (χ0) is 21.0. The molecule has 1 amide bonds. The molecule has 0 radical (unpaired) electrons. The summed E-state index contributed by atoms with van der Waals surface area (Å²) in [5, 5.41) is 5.53. The van der Waals surface area contributed by atoms with Gasteiger partial charge in [0, 0.05) is 24.4 Å². The molecule has 3 fully saturated rings. The van der Waals surface area contributed by atoms with Crippen LogP contribution in [0.25, 0.3) is 0 Å². The molecule has 0 aromatic rings. The number of nitrogens with one attached hydrogen (secondary N) is 4. The van der Waals surface area contributed by atoms with Crippen molar-refractivity contribution >= 4 is 23.5 Å². The molecule has 0 spiro atoms. The summed E-state index contributed by atoms with van der Waals surface area (Å²) in [4.78, 5) is 17.3. The predicted octanol–water partition coefficient (Wildman–Crippen LogP) is 2.92. The number of hydrogen-bond donors (Lipinski definition) is 4. The molecule has 2 aliphatic carbocycles. The average molecular weight is 434 g/mol. The van der Waals surface area contributed by atoms with E-state index in [4.69, 9.17) is 11.6 Å². The molecule has 1 aliphatic heterocycles. The highest BCUT2D eigenvalue weighted by Crippen LogP contribution is 2.32. The van der Waals surface area contributed by atoms with Crippen molar-refractivity contribution < 1.29 is 13.6 Å². The maximum Gasteiger partial charge on any atom is 0.229 e. The molecule has 29 heavy (non-hydrogen) atoms. The van der Waals surface area contributed by atoms with E-state index in [0.717, 1.165) is 19.3 Å². The van der Waals surface area contributed by atoms with Crippen LogP contribution < -0.4 is 21.5 Å².